The number of fused-ring (bicyclic) bond motifs is 1. The van der Waals surface area contributed by atoms with Gasteiger partial charge in [0.05, 0.1) is 18.2 Å². The molecule has 2 heterocycles. The Hall–Kier alpha value is -3.04. The fraction of sp³-hybridized carbons (Fsp3) is 0.214. The number of alkyl halides is 3. The smallest absolute Gasteiger partial charge is 0.431 e. The summed E-state index contributed by atoms with van der Waals surface area (Å²) in [4.78, 5) is 24.3. The molecule has 2 aromatic heterocycles. The highest BCUT2D eigenvalue weighted by Crippen LogP contribution is 2.28. The fourth-order valence-corrected chi connectivity index (χ4v) is 2.33. The van der Waals surface area contributed by atoms with Crippen molar-refractivity contribution in [2.75, 3.05) is 7.11 Å². The van der Waals surface area contributed by atoms with Crippen LogP contribution in [0.2, 0.25) is 0 Å². The van der Waals surface area contributed by atoms with Gasteiger partial charge in [0.1, 0.15) is 5.69 Å². The molecular formula is C14H10F3N3O4. The first kappa shape index (κ1) is 15.8. The molecule has 0 unspecified atom stereocenters. The first-order chi connectivity index (χ1) is 11.2. The SMILES string of the molecule is COc1noc2ccc(-n3c(=O)cc(C(F)(F)F)n(C)c3=O)cc12. The van der Waals surface area contributed by atoms with Crippen molar-refractivity contribution in [2.45, 2.75) is 6.18 Å². The summed E-state index contributed by atoms with van der Waals surface area (Å²) in [6.45, 7) is 0. The molecule has 0 spiro atoms. The zero-order valence-corrected chi connectivity index (χ0v) is 12.4. The molecule has 0 aliphatic carbocycles. The van der Waals surface area contributed by atoms with Crippen LogP contribution in [-0.2, 0) is 13.2 Å². The van der Waals surface area contributed by atoms with Crippen LogP contribution in [0.4, 0.5) is 13.2 Å². The minimum atomic E-state index is -4.81. The van der Waals surface area contributed by atoms with E-state index in [1.807, 2.05) is 0 Å². The van der Waals surface area contributed by atoms with Gasteiger partial charge >= 0.3 is 11.9 Å². The van der Waals surface area contributed by atoms with Crippen molar-refractivity contribution in [1.82, 2.24) is 14.3 Å². The Morgan fingerprint density at radius 3 is 2.54 bits per heavy atom. The van der Waals surface area contributed by atoms with Gasteiger partial charge in [0.15, 0.2) is 5.58 Å². The molecule has 0 saturated carbocycles. The van der Waals surface area contributed by atoms with E-state index in [1.165, 1.54) is 25.3 Å². The van der Waals surface area contributed by atoms with Crippen LogP contribution in [0.3, 0.4) is 0 Å². The maximum atomic E-state index is 12.9. The molecule has 7 nitrogen and oxygen atoms in total. The van der Waals surface area contributed by atoms with E-state index >= 15 is 0 Å². The van der Waals surface area contributed by atoms with Crippen molar-refractivity contribution in [3.05, 3.63) is 50.8 Å². The van der Waals surface area contributed by atoms with Crippen LogP contribution in [-0.4, -0.2) is 21.4 Å². The Bertz CT molecular complexity index is 1050. The number of ether oxygens (including phenoxy) is 1. The summed E-state index contributed by atoms with van der Waals surface area (Å²) in [5.41, 5.74) is -3.13. The summed E-state index contributed by atoms with van der Waals surface area (Å²) < 4.78 is 49.6. The molecular weight excluding hydrogens is 331 g/mol. The minimum absolute atomic E-state index is 0.0725. The van der Waals surface area contributed by atoms with Crippen LogP contribution >= 0.6 is 0 Å². The first-order valence-electron chi connectivity index (χ1n) is 6.58. The Balaban J connectivity index is 2.29. The van der Waals surface area contributed by atoms with E-state index in [0.29, 0.717) is 26.2 Å². The van der Waals surface area contributed by atoms with Gasteiger partial charge < -0.3 is 9.26 Å². The van der Waals surface area contributed by atoms with E-state index < -0.39 is 23.1 Å². The molecule has 126 valence electrons. The second-order valence-corrected chi connectivity index (χ2v) is 4.91. The molecule has 0 radical (unpaired) electrons. The van der Waals surface area contributed by atoms with E-state index in [0.717, 1.165) is 7.05 Å². The van der Waals surface area contributed by atoms with E-state index in [-0.39, 0.29) is 11.6 Å². The van der Waals surface area contributed by atoms with Crippen molar-refractivity contribution < 1.29 is 22.4 Å². The molecule has 0 atom stereocenters. The Morgan fingerprint density at radius 2 is 1.92 bits per heavy atom. The maximum absolute atomic E-state index is 12.9. The minimum Gasteiger partial charge on any atom is -0.478 e. The van der Waals surface area contributed by atoms with Crippen molar-refractivity contribution in [2.24, 2.45) is 7.05 Å². The van der Waals surface area contributed by atoms with Gasteiger partial charge in [-0.3, -0.25) is 9.36 Å². The average molecular weight is 341 g/mol. The summed E-state index contributed by atoms with van der Waals surface area (Å²) in [7, 11) is 2.30. The first-order valence-corrected chi connectivity index (χ1v) is 6.58. The van der Waals surface area contributed by atoms with Gasteiger partial charge in [0, 0.05) is 13.1 Å². The highest BCUT2D eigenvalue weighted by atomic mass is 19.4. The third-order valence-electron chi connectivity index (χ3n) is 3.48. The van der Waals surface area contributed by atoms with Gasteiger partial charge in [0.25, 0.3) is 11.4 Å². The predicted octanol–water partition coefficient (Wildman–Crippen LogP) is 1.70. The van der Waals surface area contributed by atoms with Gasteiger partial charge in [-0.2, -0.15) is 13.2 Å². The number of hydrogen-bond donors (Lipinski definition) is 0. The monoisotopic (exact) mass is 341 g/mol. The molecule has 0 aliphatic heterocycles. The molecule has 0 saturated heterocycles. The lowest BCUT2D eigenvalue weighted by Crippen LogP contribution is -2.40. The average Bonchev–Trinajstić information content (AvgIpc) is 2.92. The molecule has 3 aromatic rings. The molecule has 0 amide bonds. The number of hydrogen-bond acceptors (Lipinski definition) is 5. The topological polar surface area (TPSA) is 79.3 Å². The Kier molecular flexibility index (Phi) is 3.47. The lowest BCUT2D eigenvalue weighted by atomic mass is 10.2. The van der Waals surface area contributed by atoms with Gasteiger partial charge in [-0.05, 0) is 23.4 Å². The Labute approximate surface area is 131 Å². The molecule has 3 rings (SSSR count). The number of aromatic nitrogens is 3. The number of rotatable bonds is 2. The molecule has 1 aromatic carbocycles. The van der Waals surface area contributed by atoms with Gasteiger partial charge in [-0.1, -0.05) is 0 Å². The zero-order valence-electron chi connectivity index (χ0n) is 12.4. The van der Waals surface area contributed by atoms with E-state index in [4.69, 9.17) is 9.26 Å². The van der Waals surface area contributed by atoms with Gasteiger partial charge in [0.2, 0.25) is 0 Å². The molecule has 0 bridgehead atoms. The second-order valence-electron chi connectivity index (χ2n) is 4.91. The second kappa shape index (κ2) is 5.25. The number of methoxy groups -OCH3 is 1. The summed E-state index contributed by atoms with van der Waals surface area (Å²) in [5.74, 6) is 0.128. The van der Waals surface area contributed by atoms with Crippen molar-refractivity contribution in [3.8, 4) is 11.6 Å². The lowest BCUT2D eigenvalue weighted by Gasteiger charge is -2.13. The lowest BCUT2D eigenvalue weighted by molar-refractivity contribution is -0.144. The highest BCUT2D eigenvalue weighted by molar-refractivity contribution is 5.84. The van der Waals surface area contributed by atoms with Crippen LogP contribution in [0.5, 0.6) is 5.88 Å². The van der Waals surface area contributed by atoms with Crippen LogP contribution in [0.15, 0.2) is 38.4 Å². The summed E-state index contributed by atoms with van der Waals surface area (Å²) >= 11 is 0. The standard InChI is InChI=1S/C14H10F3N3O4/c1-19-10(14(15,16)17)6-11(21)20(13(19)22)7-3-4-9-8(5-7)12(23-2)18-24-9/h3-6H,1-2H3. The van der Waals surface area contributed by atoms with Gasteiger partial charge in [-0.15, -0.1) is 0 Å². The number of halogens is 3. The fourth-order valence-electron chi connectivity index (χ4n) is 2.33. The predicted molar refractivity (Wildman–Crippen MR) is 76.4 cm³/mol. The van der Waals surface area contributed by atoms with Crippen molar-refractivity contribution in [3.63, 3.8) is 0 Å². The molecule has 0 aliphatic rings. The largest absolute Gasteiger partial charge is 0.478 e. The summed E-state index contributed by atoms with van der Waals surface area (Å²) in [6.07, 6.45) is -4.81. The zero-order chi connectivity index (χ0) is 17.6. The van der Waals surface area contributed by atoms with Gasteiger partial charge in [-0.25, -0.2) is 9.36 Å². The quantitative estimate of drug-likeness (QED) is 0.709. The van der Waals surface area contributed by atoms with E-state index in [1.54, 1.807) is 0 Å². The maximum Gasteiger partial charge on any atom is 0.431 e. The number of nitrogens with zero attached hydrogens (tertiary/aromatic N) is 3. The van der Waals surface area contributed by atoms with Crippen LogP contribution in [0.1, 0.15) is 5.69 Å². The summed E-state index contributed by atoms with van der Waals surface area (Å²) in [5, 5.41) is 4.02. The molecule has 10 heteroatoms. The third-order valence-corrected chi connectivity index (χ3v) is 3.48. The molecule has 0 N–H and O–H groups in total. The summed E-state index contributed by atoms with van der Waals surface area (Å²) in [6, 6.07) is 4.55. The molecule has 0 fully saturated rings. The van der Waals surface area contributed by atoms with Crippen molar-refractivity contribution >= 4 is 11.0 Å². The Morgan fingerprint density at radius 1 is 1.21 bits per heavy atom. The van der Waals surface area contributed by atoms with Crippen LogP contribution in [0, 0.1) is 0 Å². The van der Waals surface area contributed by atoms with Crippen LogP contribution < -0.4 is 16.0 Å². The normalized spacial score (nSPS) is 11.9. The molecule has 24 heavy (non-hydrogen) atoms. The van der Waals surface area contributed by atoms with Crippen molar-refractivity contribution in [1.29, 1.82) is 0 Å². The van der Waals surface area contributed by atoms with E-state index in [9.17, 15) is 22.8 Å². The number of benzene rings is 1. The third kappa shape index (κ3) is 2.36. The highest BCUT2D eigenvalue weighted by Gasteiger charge is 2.35. The van der Waals surface area contributed by atoms with E-state index in [2.05, 4.69) is 5.16 Å². The van der Waals surface area contributed by atoms with Crippen LogP contribution in [0.25, 0.3) is 16.7 Å².